The highest BCUT2D eigenvalue weighted by molar-refractivity contribution is 6.00. The zero-order chi connectivity index (χ0) is 17.2. The van der Waals surface area contributed by atoms with Gasteiger partial charge in [0.2, 0.25) is 5.91 Å². The fraction of sp³-hybridized carbons (Fsp3) is 0.500. The second-order valence-corrected chi connectivity index (χ2v) is 5.58. The SMILES string of the molecule is CCN(C(=O)C1CCCN1C(=O)C(F)(F)F)c1cccc(C)c1. The van der Waals surface area contributed by atoms with Crippen LogP contribution in [0.15, 0.2) is 24.3 Å². The summed E-state index contributed by atoms with van der Waals surface area (Å²) in [6.07, 6.45) is -4.31. The molecule has 0 radical (unpaired) electrons. The second kappa shape index (κ2) is 6.60. The van der Waals surface area contributed by atoms with E-state index in [0.717, 1.165) is 5.56 Å². The number of hydrogen-bond donors (Lipinski definition) is 0. The number of amides is 2. The summed E-state index contributed by atoms with van der Waals surface area (Å²) >= 11 is 0. The van der Waals surface area contributed by atoms with Crippen LogP contribution >= 0.6 is 0 Å². The third-order valence-corrected chi connectivity index (χ3v) is 3.94. The van der Waals surface area contributed by atoms with Gasteiger partial charge < -0.3 is 9.80 Å². The van der Waals surface area contributed by atoms with E-state index in [4.69, 9.17) is 0 Å². The van der Waals surface area contributed by atoms with Gasteiger partial charge in [0.1, 0.15) is 6.04 Å². The van der Waals surface area contributed by atoms with Gasteiger partial charge in [-0.25, -0.2) is 0 Å². The first kappa shape index (κ1) is 17.3. The van der Waals surface area contributed by atoms with E-state index in [1.807, 2.05) is 13.0 Å². The average molecular weight is 328 g/mol. The van der Waals surface area contributed by atoms with Crippen molar-refractivity contribution in [3.63, 3.8) is 0 Å². The van der Waals surface area contributed by atoms with E-state index in [1.165, 1.54) is 4.90 Å². The Morgan fingerprint density at radius 3 is 2.61 bits per heavy atom. The molecule has 0 N–H and O–H groups in total. The zero-order valence-electron chi connectivity index (χ0n) is 13.1. The minimum atomic E-state index is -4.96. The highest BCUT2D eigenvalue weighted by Gasteiger charge is 2.48. The smallest absolute Gasteiger partial charge is 0.323 e. The molecule has 7 heteroatoms. The number of likely N-dealkylation sites (N-methyl/N-ethyl adjacent to an activating group) is 1. The molecular formula is C16H19F3N2O2. The predicted molar refractivity (Wildman–Crippen MR) is 80.0 cm³/mol. The van der Waals surface area contributed by atoms with E-state index in [1.54, 1.807) is 25.1 Å². The third kappa shape index (κ3) is 3.65. The summed E-state index contributed by atoms with van der Waals surface area (Å²) in [5.74, 6) is -2.40. The molecule has 0 spiro atoms. The van der Waals surface area contributed by atoms with Gasteiger partial charge in [0.15, 0.2) is 0 Å². The summed E-state index contributed by atoms with van der Waals surface area (Å²) < 4.78 is 38.0. The quantitative estimate of drug-likeness (QED) is 0.856. The van der Waals surface area contributed by atoms with E-state index in [-0.39, 0.29) is 13.0 Å². The molecule has 1 aliphatic rings. The largest absolute Gasteiger partial charge is 0.471 e. The molecule has 1 atom stereocenters. The summed E-state index contributed by atoms with van der Waals surface area (Å²) in [4.78, 5) is 26.3. The molecule has 0 bridgehead atoms. The Bertz CT molecular complexity index is 601. The summed E-state index contributed by atoms with van der Waals surface area (Å²) in [7, 11) is 0. The molecule has 2 amide bonds. The molecule has 4 nitrogen and oxygen atoms in total. The number of aryl methyl sites for hydroxylation is 1. The first-order valence-electron chi connectivity index (χ1n) is 7.51. The van der Waals surface area contributed by atoms with Gasteiger partial charge in [0, 0.05) is 18.8 Å². The van der Waals surface area contributed by atoms with Crippen LogP contribution in [0.3, 0.4) is 0 Å². The number of benzene rings is 1. The average Bonchev–Trinajstić information content (AvgIpc) is 2.95. The Kier molecular flexibility index (Phi) is 4.97. The van der Waals surface area contributed by atoms with Crippen LogP contribution in [0.4, 0.5) is 18.9 Å². The molecule has 126 valence electrons. The molecule has 1 fully saturated rings. The van der Waals surface area contributed by atoms with Crippen molar-refractivity contribution >= 4 is 17.5 Å². The number of alkyl halides is 3. The minimum absolute atomic E-state index is 0.0415. The van der Waals surface area contributed by atoms with Gasteiger partial charge >= 0.3 is 12.1 Å². The Labute approximate surface area is 132 Å². The molecule has 1 saturated heterocycles. The molecule has 1 heterocycles. The molecule has 2 rings (SSSR count). The van der Waals surface area contributed by atoms with Crippen LogP contribution in [0, 0.1) is 6.92 Å². The van der Waals surface area contributed by atoms with Crippen LogP contribution < -0.4 is 4.90 Å². The highest BCUT2D eigenvalue weighted by Crippen LogP contribution is 2.28. The number of halogens is 3. The Balaban J connectivity index is 2.25. The summed E-state index contributed by atoms with van der Waals surface area (Å²) in [6.45, 7) is 3.91. The standard InChI is InChI=1S/C16H19F3N2O2/c1-3-20(12-7-4-6-11(2)10-12)14(22)13-8-5-9-21(13)15(23)16(17,18)19/h4,6-7,10,13H,3,5,8-9H2,1-2H3. The summed E-state index contributed by atoms with van der Waals surface area (Å²) in [5, 5.41) is 0. The zero-order valence-corrected chi connectivity index (χ0v) is 13.1. The van der Waals surface area contributed by atoms with E-state index in [2.05, 4.69) is 0 Å². The molecule has 1 unspecified atom stereocenters. The number of nitrogens with zero attached hydrogens (tertiary/aromatic N) is 2. The molecule has 1 aliphatic heterocycles. The van der Waals surface area contributed by atoms with Crippen molar-refractivity contribution in [1.82, 2.24) is 4.90 Å². The molecule has 23 heavy (non-hydrogen) atoms. The number of rotatable bonds is 3. The van der Waals surface area contributed by atoms with Gasteiger partial charge in [-0.05, 0) is 44.4 Å². The molecule has 1 aromatic rings. The van der Waals surface area contributed by atoms with Crippen molar-refractivity contribution in [2.45, 2.75) is 38.9 Å². The Hall–Kier alpha value is -2.05. The van der Waals surface area contributed by atoms with Crippen LogP contribution in [-0.4, -0.2) is 42.0 Å². The predicted octanol–water partition coefficient (Wildman–Crippen LogP) is 2.90. The van der Waals surface area contributed by atoms with Crippen LogP contribution in [0.5, 0.6) is 0 Å². The lowest BCUT2D eigenvalue weighted by molar-refractivity contribution is -0.186. The highest BCUT2D eigenvalue weighted by atomic mass is 19.4. The first-order chi connectivity index (χ1) is 10.8. The lowest BCUT2D eigenvalue weighted by Gasteiger charge is -2.30. The van der Waals surface area contributed by atoms with Crippen molar-refractivity contribution in [2.24, 2.45) is 0 Å². The van der Waals surface area contributed by atoms with Crippen molar-refractivity contribution in [3.8, 4) is 0 Å². The molecule has 0 saturated carbocycles. The number of likely N-dealkylation sites (tertiary alicyclic amines) is 1. The van der Waals surface area contributed by atoms with Crippen LogP contribution in [0.25, 0.3) is 0 Å². The van der Waals surface area contributed by atoms with Crippen LogP contribution in [0.1, 0.15) is 25.3 Å². The lowest BCUT2D eigenvalue weighted by atomic mass is 10.1. The summed E-state index contributed by atoms with van der Waals surface area (Å²) in [6, 6.07) is 6.14. The van der Waals surface area contributed by atoms with Crippen LogP contribution in [-0.2, 0) is 9.59 Å². The lowest BCUT2D eigenvalue weighted by Crippen LogP contribution is -2.51. The van der Waals surface area contributed by atoms with Crippen molar-refractivity contribution in [3.05, 3.63) is 29.8 Å². The Morgan fingerprint density at radius 1 is 1.35 bits per heavy atom. The fourth-order valence-electron chi connectivity index (χ4n) is 2.87. The van der Waals surface area contributed by atoms with Crippen molar-refractivity contribution in [2.75, 3.05) is 18.0 Å². The van der Waals surface area contributed by atoms with E-state index in [9.17, 15) is 22.8 Å². The van der Waals surface area contributed by atoms with Gasteiger partial charge in [0.25, 0.3) is 0 Å². The normalized spacial score (nSPS) is 18.1. The van der Waals surface area contributed by atoms with Crippen LogP contribution in [0.2, 0.25) is 0 Å². The van der Waals surface area contributed by atoms with E-state index < -0.39 is 24.0 Å². The number of carbonyl (C=O) groups excluding carboxylic acids is 2. The molecule has 0 aromatic heterocycles. The van der Waals surface area contributed by atoms with Gasteiger partial charge in [0.05, 0.1) is 0 Å². The molecule has 1 aromatic carbocycles. The maximum absolute atomic E-state index is 12.7. The number of carbonyl (C=O) groups is 2. The van der Waals surface area contributed by atoms with Crippen molar-refractivity contribution in [1.29, 1.82) is 0 Å². The maximum atomic E-state index is 12.7. The van der Waals surface area contributed by atoms with Gasteiger partial charge in [-0.3, -0.25) is 9.59 Å². The van der Waals surface area contributed by atoms with Gasteiger partial charge in [-0.15, -0.1) is 0 Å². The fourth-order valence-corrected chi connectivity index (χ4v) is 2.87. The first-order valence-corrected chi connectivity index (χ1v) is 7.51. The second-order valence-electron chi connectivity index (χ2n) is 5.58. The van der Waals surface area contributed by atoms with E-state index >= 15 is 0 Å². The minimum Gasteiger partial charge on any atom is -0.323 e. The molecule has 0 aliphatic carbocycles. The number of hydrogen-bond acceptors (Lipinski definition) is 2. The third-order valence-electron chi connectivity index (χ3n) is 3.94. The molecular weight excluding hydrogens is 309 g/mol. The number of anilines is 1. The van der Waals surface area contributed by atoms with E-state index in [0.29, 0.717) is 23.6 Å². The van der Waals surface area contributed by atoms with Crippen molar-refractivity contribution < 1.29 is 22.8 Å². The van der Waals surface area contributed by atoms with Gasteiger partial charge in [-0.1, -0.05) is 12.1 Å². The summed E-state index contributed by atoms with van der Waals surface area (Å²) in [5.41, 5.74) is 1.58. The Morgan fingerprint density at radius 2 is 2.04 bits per heavy atom. The monoisotopic (exact) mass is 328 g/mol. The maximum Gasteiger partial charge on any atom is 0.471 e. The van der Waals surface area contributed by atoms with Gasteiger partial charge in [-0.2, -0.15) is 13.2 Å². The topological polar surface area (TPSA) is 40.6 Å².